The van der Waals surface area contributed by atoms with E-state index < -0.39 is 0 Å². The monoisotopic (exact) mass is 269 g/mol. The van der Waals surface area contributed by atoms with Gasteiger partial charge >= 0.3 is 0 Å². The third kappa shape index (κ3) is 2.31. The van der Waals surface area contributed by atoms with Crippen LogP contribution in [0.15, 0.2) is 6.07 Å². The lowest BCUT2D eigenvalue weighted by molar-refractivity contribution is 0.111. The van der Waals surface area contributed by atoms with Crippen LogP contribution in [-0.4, -0.2) is 26.0 Å². The standard InChI is InChI=1S/C13H16ClNO3/c1-8(2-3-15)11-10(14)6-9(7-16)12-13(11)18-5-4-17-12/h6-8H,2-5,15H2,1H3. The van der Waals surface area contributed by atoms with Crippen molar-refractivity contribution in [3.05, 3.63) is 22.2 Å². The number of nitrogens with two attached hydrogens (primary N) is 1. The zero-order valence-electron chi connectivity index (χ0n) is 10.2. The number of ether oxygens (including phenoxy) is 2. The molecule has 0 radical (unpaired) electrons. The molecule has 2 rings (SSSR count). The Labute approximate surface area is 111 Å². The second kappa shape index (κ2) is 5.59. The van der Waals surface area contributed by atoms with Crippen molar-refractivity contribution in [2.75, 3.05) is 19.8 Å². The minimum Gasteiger partial charge on any atom is -0.486 e. The Hall–Kier alpha value is -1.26. The number of rotatable bonds is 4. The van der Waals surface area contributed by atoms with E-state index in [-0.39, 0.29) is 5.92 Å². The Morgan fingerprint density at radius 1 is 1.44 bits per heavy atom. The normalized spacial score (nSPS) is 15.3. The maximum Gasteiger partial charge on any atom is 0.172 e. The lowest BCUT2D eigenvalue weighted by Crippen LogP contribution is -2.19. The number of benzene rings is 1. The van der Waals surface area contributed by atoms with Gasteiger partial charge in [-0.1, -0.05) is 18.5 Å². The third-order valence-corrected chi connectivity index (χ3v) is 3.36. The van der Waals surface area contributed by atoms with Gasteiger partial charge in [0.15, 0.2) is 17.8 Å². The lowest BCUT2D eigenvalue weighted by Gasteiger charge is -2.25. The molecule has 1 aromatic carbocycles. The van der Waals surface area contributed by atoms with E-state index in [9.17, 15) is 4.79 Å². The summed E-state index contributed by atoms with van der Waals surface area (Å²) in [5.41, 5.74) is 6.88. The predicted molar refractivity (Wildman–Crippen MR) is 69.9 cm³/mol. The third-order valence-electron chi connectivity index (χ3n) is 3.05. The molecule has 0 aromatic heterocycles. The van der Waals surface area contributed by atoms with E-state index in [4.69, 9.17) is 26.8 Å². The molecule has 1 atom stereocenters. The summed E-state index contributed by atoms with van der Waals surface area (Å²) in [4.78, 5) is 11.0. The highest BCUT2D eigenvalue weighted by molar-refractivity contribution is 6.32. The maximum atomic E-state index is 11.0. The summed E-state index contributed by atoms with van der Waals surface area (Å²) in [5.74, 6) is 1.26. The van der Waals surface area contributed by atoms with E-state index in [1.54, 1.807) is 6.07 Å². The number of carbonyl (C=O) groups is 1. The summed E-state index contributed by atoms with van der Waals surface area (Å²) in [6.07, 6.45) is 1.53. The van der Waals surface area contributed by atoms with Crippen LogP contribution < -0.4 is 15.2 Å². The van der Waals surface area contributed by atoms with Gasteiger partial charge in [-0.3, -0.25) is 4.79 Å². The Morgan fingerprint density at radius 2 is 2.11 bits per heavy atom. The van der Waals surface area contributed by atoms with Crippen LogP contribution in [0.25, 0.3) is 0 Å². The minimum absolute atomic E-state index is 0.165. The van der Waals surface area contributed by atoms with Crippen molar-refractivity contribution >= 4 is 17.9 Å². The Morgan fingerprint density at radius 3 is 2.72 bits per heavy atom. The first-order valence-electron chi connectivity index (χ1n) is 5.96. The molecule has 5 heteroatoms. The average molecular weight is 270 g/mol. The van der Waals surface area contributed by atoms with Crippen molar-refractivity contribution in [1.29, 1.82) is 0 Å². The van der Waals surface area contributed by atoms with Gasteiger partial charge in [-0.05, 0) is 24.9 Å². The number of aldehydes is 1. The summed E-state index contributed by atoms with van der Waals surface area (Å²) in [6, 6.07) is 1.63. The van der Waals surface area contributed by atoms with Crippen molar-refractivity contribution in [1.82, 2.24) is 0 Å². The summed E-state index contributed by atoms with van der Waals surface area (Å²) < 4.78 is 11.2. The summed E-state index contributed by atoms with van der Waals surface area (Å²) in [6.45, 7) is 3.52. The Bertz CT molecular complexity index is 462. The molecule has 1 aliphatic heterocycles. The predicted octanol–water partition coefficient (Wildman–Crippen LogP) is 2.38. The molecule has 0 saturated carbocycles. The number of hydrogen-bond donors (Lipinski definition) is 1. The molecule has 2 N–H and O–H groups in total. The van der Waals surface area contributed by atoms with Crippen molar-refractivity contribution in [3.8, 4) is 11.5 Å². The van der Waals surface area contributed by atoms with Gasteiger partial charge < -0.3 is 15.2 Å². The molecule has 0 amide bonds. The highest BCUT2D eigenvalue weighted by atomic mass is 35.5. The Balaban J connectivity index is 2.55. The highest BCUT2D eigenvalue weighted by Crippen LogP contribution is 2.44. The maximum absolute atomic E-state index is 11.0. The van der Waals surface area contributed by atoms with Crippen molar-refractivity contribution in [2.45, 2.75) is 19.3 Å². The van der Waals surface area contributed by atoms with Crippen LogP contribution in [0.3, 0.4) is 0 Å². The van der Waals surface area contributed by atoms with Gasteiger partial charge in [0.2, 0.25) is 0 Å². The highest BCUT2D eigenvalue weighted by Gasteiger charge is 2.25. The quantitative estimate of drug-likeness (QED) is 0.853. The molecule has 1 aliphatic rings. The van der Waals surface area contributed by atoms with Gasteiger partial charge in [0.1, 0.15) is 13.2 Å². The van der Waals surface area contributed by atoms with Gasteiger partial charge in [-0.15, -0.1) is 0 Å². The van der Waals surface area contributed by atoms with Crippen LogP contribution in [0, 0.1) is 0 Å². The van der Waals surface area contributed by atoms with E-state index in [1.807, 2.05) is 6.92 Å². The first-order valence-corrected chi connectivity index (χ1v) is 6.34. The number of hydrogen-bond acceptors (Lipinski definition) is 4. The summed E-state index contributed by atoms with van der Waals surface area (Å²) >= 11 is 6.24. The summed E-state index contributed by atoms with van der Waals surface area (Å²) in [7, 11) is 0. The molecule has 0 bridgehead atoms. The fourth-order valence-electron chi connectivity index (χ4n) is 2.16. The van der Waals surface area contributed by atoms with Gasteiger partial charge in [0.25, 0.3) is 0 Å². The molecule has 0 aliphatic carbocycles. The largest absolute Gasteiger partial charge is 0.486 e. The molecule has 0 saturated heterocycles. The second-order valence-corrected chi connectivity index (χ2v) is 4.72. The average Bonchev–Trinajstić information content (AvgIpc) is 2.37. The second-order valence-electron chi connectivity index (χ2n) is 4.31. The number of carbonyl (C=O) groups excluding carboxylic acids is 1. The number of halogens is 1. The van der Waals surface area contributed by atoms with Crippen LogP contribution in [0.4, 0.5) is 0 Å². The molecule has 1 unspecified atom stereocenters. The molecule has 0 spiro atoms. The van der Waals surface area contributed by atoms with Crippen LogP contribution in [-0.2, 0) is 0 Å². The van der Waals surface area contributed by atoms with E-state index in [0.29, 0.717) is 41.8 Å². The van der Waals surface area contributed by atoms with Crippen molar-refractivity contribution in [3.63, 3.8) is 0 Å². The lowest BCUT2D eigenvalue weighted by atomic mass is 9.94. The fraction of sp³-hybridized carbons (Fsp3) is 0.462. The van der Waals surface area contributed by atoms with Crippen molar-refractivity contribution in [2.24, 2.45) is 5.73 Å². The van der Waals surface area contributed by atoms with Crippen LogP contribution in [0.1, 0.15) is 35.2 Å². The first-order chi connectivity index (χ1) is 8.69. The van der Waals surface area contributed by atoms with Crippen molar-refractivity contribution < 1.29 is 14.3 Å². The molecule has 98 valence electrons. The molecule has 1 heterocycles. The molecule has 1 aromatic rings. The van der Waals surface area contributed by atoms with E-state index in [1.165, 1.54) is 0 Å². The van der Waals surface area contributed by atoms with Crippen LogP contribution in [0.2, 0.25) is 5.02 Å². The Kier molecular flexibility index (Phi) is 4.09. The van der Waals surface area contributed by atoms with Crippen LogP contribution in [0.5, 0.6) is 11.5 Å². The van der Waals surface area contributed by atoms with E-state index in [2.05, 4.69) is 0 Å². The van der Waals surface area contributed by atoms with E-state index >= 15 is 0 Å². The van der Waals surface area contributed by atoms with Gasteiger partial charge in [0, 0.05) is 10.6 Å². The zero-order valence-corrected chi connectivity index (χ0v) is 11.0. The smallest absolute Gasteiger partial charge is 0.172 e. The van der Waals surface area contributed by atoms with Gasteiger partial charge in [0.05, 0.1) is 5.56 Å². The topological polar surface area (TPSA) is 61.6 Å². The number of fused-ring (bicyclic) bond motifs is 1. The SMILES string of the molecule is CC(CCN)c1c(Cl)cc(C=O)c2c1OCCO2. The summed E-state index contributed by atoms with van der Waals surface area (Å²) in [5, 5.41) is 0.530. The molecular weight excluding hydrogens is 254 g/mol. The molecule has 18 heavy (non-hydrogen) atoms. The molecule has 0 fully saturated rings. The minimum atomic E-state index is 0.165. The molecule has 4 nitrogen and oxygen atoms in total. The van der Waals surface area contributed by atoms with Gasteiger partial charge in [-0.25, -0.2) is 0 Å². The van der Waals surface area contributed by atoms with Crippen LogP contribution >= 0.6 is 11.6 Å². The first kappa shape index (κ1) is 13.2. The van der Waals surface area contributed by atoms with Gasteiger partial charge in [-0.2, -0.15) is 0 Å². The zero-order chi connectivity index (χ0) is 13.1. The molecular formula is C13H16ClNO3. The van der Waals surface area contributed by atoms with E-state index in [0.717, 1.165) is 18.3 Å². The fourth-order valence-corrected chi connectivity index (χ4v) is 2.55.